The number of rotatable bonds is 6. The number of anilines is 1. The average Bonchev–Trinajstić information content (AvgIpc) is 3.06. The van der Waals surface area contributed by atoms with Gasteiger partial charge < -0.3 is 5.32 Å². The number of hydrogen-bond acceptors (Lipinski definition) is 5. The van der Waals surface area contributed by atoms with Gasteiger partial charge in [0.2, 0.25) is 5.91 Å². The van der Waals surface area contributed by atoms with E-state index in [2.05, 4.69) is 10.3 Å². The van der Waals surface area contributed by atoms with Gasteiger partial charge in [-0.1, -0.05) is 36.4 Å². The molecule has 1 amide bonds. The second-order valence-electron chi connectivity index (χ2n) is 6.39. The number of carbonyl (C=O) groups excluding carboxylic acids is 1. The number of aryl methyl sites for hydroxylation is 2. The molecule has 2 aromatic carbocycles. The first-order chi connectivity index (χ1) is 12.8. The summed E-state index contributed by atoms with van der Waals surface area (Å²) in [5.41, 5.74) is 4.14. The smallest absolute Gasteiger partial charge is 0.239 e. The van der Waals surface area contributed by atoms with E-state index in [1.54, 1.807) is 11.4 Å². The van der Waals surface area contributed by atoms with Crippen molar-refractivity contribution >= 4 is 32.8 Å². The molecule has 0 fully saturated rings. The molecule has 140 valence electrons. The fourth-order valence-electron chi connectivity index (χ4n) is 2.58. The van der Waals surface area contributed by atoms with Crippen molar-refractivity contribution in [3.05, 3.63) is 70.7 Å². The molecule has 0 atom stereocenters. The van der Waals surface area contributed by atoms with Gasteiger partial charge in [-0.2, -0.15) is 0 Å². The summed E-state index contributed by atoms with van der Waals surface area (Å²) in [5.74, 6) is -1.37. The van der Waals surface area contributed by atoms with E-state index in [1.807, 2.05) is 56.3 Å². The molecular formula is C20H20N2O3S2. The molecule has 1 heterocycles. The lowest BCUT2D eigenvalue weighted by Gasteiger charge is -2.08. The van der Waals surface area contributed by atoms with E-state index in [0.29, 0.717) is 11.4 Å². The van der Waals surface area contributed by atoms with Crippen LogP contribution < -0.4 is 5.32 Å². The van der Waals surface area contributed by atoms with Gasteiger partial charge in [-0.15, -0.1) is 11.3 Å². The summed E-state index contributed by atoms with van der Waals surface area (Å²) in [4.78, 5) is 16.5. The van der Waals surface area contributed by atoms with Gasteiger partial charge >= 0.3 is 0 Å². The number of carbonyl (C=O) groups is 1. The molecule has 5 nitrogen and oxygen atoms in total. The molecule has 0 aliphatic rings. The lowest BCUT2D eigenvalue weighted by Crippen LogP contribution is -2.24. The van der Waals surface area contributed by atoms with E-state index in [0.717, 1.165) is 21.7 Å². The topological polar surface area (TPSA) is 76.1 Å². The lowest BCUT2D eigenvalue weighted by molar-refractivity contribution is -0.113. The van der Waals surface area contributed by atoms with Crippen molar-refractivity contribution < 1.29 is 13.2 Å². The Hall–Kier alpha value is -2.51. The van der Waals surface area contributed by atoms with Crippen molar-refractivity contribution in [3.63, 3.8) is 0 Å². The van der Waals surface area contributed by atoms with E-state index in [-0.39, 0.29) is 5.75 Å². The van der Waals surface area contributed by atoms with Gasteiger partial charge in [0.25, 0.3) is 0 Å². The summed E-state index contributed by atoms with van der Waals surface area (Å²) in [6, 6.07) is 15.1. The van der Waals surface area contributed by atoms with Crippen molar-refractivity contribution in [1.82, 2.24) is 4.98 Å². The normalized spacial score (nSPS) is 11.3. The number of benzene rings is 2. The van der Waals surface area contributed by atoms with E-state index in [4.69, 9.17) is 0 Å². The molecule has 0 unspecified atom stereocenters. The van der Waals surface area contributed by atoms with Crippen molar-refractivity contribution in [2.75, 3.05) is 11.1 Å². The van der Waals surface area contributed by atoms with Crippen LogP contribution in [-0.2, 0) is 20.4 Å². The molecule has 1 aromatic heterocycles. The standard InChI is InChI=1S/C20H20N2O3S2/c1-14-8-9-17(10-15(14)2)21-19(23)13-27(24,25)12-18-11-26-20(22-18)16-6-4-3-5-7-16/h3-11H,12-13H2,1-2H3,(H,21,23). The number of aromatic nitrogens is 1. The third-order valence-corrected chi connectivity index (χ3v) is 6.46. The molecule has 0 bridgehead atoms. The molecule has 0 radical (unpaired) electrons. The van der Waals surface area contributed by atoms with Crippen LogP contribution in [0.25, 0.3) is 10.6 Å². The van der Waals surface area contributed by atoms with Crippen molar-refractivity contribution in [1.29, 1.82) is 0 Å². The van der Waals surface area contributed by atoms with Crippen LogP contribution in [0, 0.1) is 13.8 Å². The Morgan fingerprint density at radius 3 is 2.52 bits per heavy atom. The van der Waals surface area contributed by atoms with E-state index in [9.17, 15) is 13.2 Å². The minimum atomic E-state index is -3.61. The molecule has 0 spiro atoms. The summed E-state index contributed by atoms with van der Waals surface area (Å²) in [6.07, 6.45) is 0. The van der Waals surface area contributed by atoms with E-state index >= 15 is 0 Å². The maximum absolute atomic E-state index is 12.4. The monoisotopic (exact) mass is 400 g/mol. The summed E-state index contributed by atoms with van der Waals surface area (Å²) in [5, 5.41) is 5.13. The lowest BCUT2D eigenvalue weighted by atomic mass is 10.1. The number of hydrogen-bond donors (Lipinski definition) is 1. The van der Waals surface area contributed by atoms with Crippen LogP contribution in [0.4, 0.5) is 5.69 Å². The predicted molar refractivity (Wildman–Crippen MR) is 110 cm³/mol. The van der Waals surface area contributed by atoms with Crippen LogP contribution >= 0.6 is 11.3 Å². The minimum Gasteiger partial charge on any atom is -0.325 e. The largest absolute Gasteiger partial charge is 0.325 e. The highest BCUT2D eigenvalue weighted by Gasteiger charge is 2.19. The maximum atomic E-state index is 12.4. The Morgan fingerprint density at radius 1 is 1.07 bits per heavy atom. The molecule has 0 aliphatic carbocycles. The van der Waals surface area contributed by atoms with Crippen LogP contribution in [0.3, 0.4) is 0 Å². The molecule has 1 N–H and O–H groups in total. The predicted octanol–water partition coefficient (Wildman–Crippen LogP) is 3.98. The van der Waals surface area contributed by atoms with Crippen molar-refractivity contribution in [2.45, 2.75) is 19.6 Å². The summed E-state index contributed by atoms with van der Waals surface area (Å²) in [6.45, 7) is 3.91. The van der Waals surface area contributed by atoms with Gasteiger partial charge in [-0.25, -0.2) is 13.4 Å². The molecular weight excluding hydrogens is 380 g/mol. The Bertz CT molecular complexity index is 1060. The maximum Gasteiger partial charge on any atom is 0.239 e. The number of nitrogens with one attached hydrogen (secondary N) is 1. The van der Waals surface area contributed by atoms with Gasteiger partial charge in [-0.05, 0) is 37.1 Å². The zero-order valence-corrected chi connectivity index (χ0v) is 16.7. The van der Waals surface area contributed by atoms with Crippen LogP contribution in [0.15, 0.2) is 53.9 Å². The Kier molecular flexibility index (Phi) is 5.72. The van der Waals surface area contributed by atoms with Crippen molar-refractivity contribution in [3.8, 4) is 10.6 Å². The Morgan fingerprint density at radius 2 is 1.81 bits per heavy atom. The van der Waals surface area contributed by atoms with Crippen molar-refractivity contribution in [2.24, 2.45) is 0 Å². The molecule has 27 heavy (non-hydrogen) atoms. The highest BCUT2D eigenvalue weighted by Crippen LogP contribution is 2.24. The Balaban J connectivity index is 1.64. The second-order valence-corrected chi connectivity index (χ2v) is 9.31. The highest BCUT2D eigenvalue weighted by atomic mass is 32.2. The number of sulfone groups is 1. The van der Waals surface area contributed by atoms with Crippen LogP contribution in [0.2, 0.25) is 0 Å². The molecule has 0 saturated carbocycles. The third-order valence-electron chi connectivity index (χ3n) is 4.08. The zero-order chi connectivity index (χ0) is 19.4. The number of nitrogens with zero attached hydrogens (tertiary/aromatic N) is 1. The fraction of sp³-hybridized carbons (Fsp3) is 0.200. The molecule has 7 heteroatoms. The van der Waals surface area contributed by atoms with Gasteiger partial charge in [0.05, 0.1) is 11.4 Å². The number of thiazole rings is 1. The summed E-state index contributed by atoms with van der Waals surface area (Å²) < 4.78 is 24.7. The van der Waals surface area contributed by atoms with Gasteiger partial charge in [0, 0.05) is 16.6 Å². The SMILES string of the molecule is Cc1ccc(NC(=O)CS(=O)(=O)Cc2csc(-c3ccccc3)n2)cc1C. The summed E-state index contributed by atoms with van der Waals surface area (Å²) in [7, 11) is -3.61. The van der Waals surface area contributed by atoms with Crippen LogP contribution in [0.5, 0.6) is 0 Å². The molecule has 0 aliphatic heterocycles. The number of amides is 1. The van der Waals surface area contributed by atoms with Gasteiger partial charge in [-0.3, -0.25) is 4.79 Å². The molecule has 3 rings (SSSR count). The second kappa shape index (κ2) is 8.02. The zero-order valence-electron chi connectivity index (χ0n) is 15.1. The van der Waals surface area contributed by atoms with Gasteiger partial charge in [0.1, 0.15) is 10.8 Å². The Labute approximate surface area is 163 Å². The highest BCUT2D eigenvalue weighted by molar-refractivity contribution is 7.91. The van der Waals surface area contributed by atoms with E-state index < -0.39 is 21.5 Å². The first-order valence-corrected chi connectivity index (χ1v) is 11.1. The third kappa shape index (κ3) is 5.24. The minimum absolute atomic E-state index is 0.253. The van der Waals surface area contributed by atoms with Gasteiger partial charge in [0.15, 0.2) is 9.84 Å². The quantitative estimate of drug-likeness (QED) is 0.679. The average molecular weight is 401 g/mol. The van der Waals surface area contributed by atoms with Crippen LogP contribution in [0.1, 0.15) is 16.8 Å². The van der Waals surface area contributed by atoms with E-state index in [1.165, 1.54) is 11.3 Å². The molecule has 0 saturated heterocycles. The van der Waals surface area contributed by atoms with Crippen LogP contribution in [-0.4, -0.2) is 25.1 Å². The summed E-state index contributed by atoms with van der Waals surface area (Å²) >= 11 is 1.39. The molecule has 3 aromatic rings. The first kappa shape index (κ1) is 19.3. The fourth-order valence-corrected chi connectivity index (χ4v) is 4.68. The first-order valence-electron chi connectivity index (χ1n) is 8.40.